The first kappa shape index (κ1) is 15.6. The SMILES string of the molecule is NNc1c(C(=O)NCC2CCOC2)cccc1C(F)(F)F. The number of hydrogen-bond donors (Lipinski definition) is 3. The third-order valence-corrected chi connectivity index (χ3v) is 3.33. The first-order chi connectivity index (χ1) is 9.93. The first-order valence-electron chi connectivity index (χ1n) is 6.46. The fraction of sp³-hybridized carbons (Fsp3) is 0.462. The Kier molecular flexibility index (Phi) is 4.69. The lowest BCUT2D eigenvalue weighted by Gasteiger charge is -2.16. The number of carbonyl (C=O) groups excluding carboxylic acids is 1. The van der Waals surface area contributed by atoms with Crippen molar-refractivity contribution in [3.63, 3.8) is 0 Å². The van der Waals surface area contributed by atoms with E-state index in [4.69, 9.17) is 10.6 Å². The van der Waals surface area contributed by atoms with Crippen molar-refractivity contribution in [1.29, 1.82) is 0 Å². The second-order valence-electron chi connectivity index (χ2n) is 4.81. The van der Waals surface area contributed by atoms with E-state index in [2.05, 4.69) is 5.32 Å². The average molecular weight is 303 g/mol. The summed E-state index contributed by atoms with van der Waals surface area (Å²) in [6, 6.07) is 3.35. The number of alkyl halides is 3. The van der Waals surface area contributed by atoms with Gasteiger partial charge in [0.25, 0.3) is 5.91 Å². The number of nitrogens with one attached hydrogen (secondary N) is 2. The van der Waals surface area contributed by atoms with E-state index < -0.39 is 23.3 Å². The number of nitrogens with two attached hydrogens (primary N) is 1. The molecule has 1 atom stereocenters. The van der Waals surface area contributed by atoms with Gasteiger partial charge in [0.1, 0.15) is 0 Å². The Morgan fingerprint density at radius 3 is 2.76 bits per heavy atom. The van der Waals surface area contributed by atoms with E-state index in [-0.39, 0.29) is 11.5 Å². The average Bonchev–Trinajstić information content (AvgIpc) is 2.96. The topological polar surface area (TPSA) is 76.4 Å². The summed E-state index contributed by atoms with van der Waals surface area (Å²) in [7, 11) is 0. The molecule has 4 N–H and O–H groups in total. The predicted molar refractivity (Wildman–Crippen MR) is 70.5 cm³/mol. The summed E-state index contributed by atoms with van der Waals surface area (Å²) in [5, 5.41) is 2.61. The van der Waals surface area contributed by atoms with Crippen LogP contribution in [0.3, 0.4) is 0 Å². The van der Waals surface area contributed by atoms with Crippen molar-refractivity contribution in [3.8, 4) is 0 Å². The zero-order valence-electron chi connectivity index (χ0n) is 11.2. The normalized spacial score (nSPS) is 18.6. The Balaban J connectivity index is 2.16. The van der Waals surface area contributed by atoms with E-state index >= 15 is 0 Å². The number of carbonyl (C=O) groups is 1. The second kappa shape index (κ2) is 6.31. The summed E-state index contributed by atoms with van der Waals surface area (Å²) < 4.78 is 43.8. The summed E-state index contributed by atoms with van der Waals surface area (Å²) in [6.07, 6.45) is -3.76. The zero-order chi connectivity index (χ0) is 15.5. The number of para-hydroxylation sites is 1. The third kappa shape index (κ3) is 3.64. The van der Waals surface area contributed by atoms with Crippen molar-refractivity contribution in [2.75, 3.05) is 25.2 Å². The molecule has 1 aliphatic heterocycles. The van der Waals surface area contributed by atoms with E-state index in [0.717, 1.165) is 12.5 Å². The van der Waals surface area contributed by atoms with Gasteiger partial charge in [0.15, 0.2) is 0 Å². The van der Waals surface area contributed by atoms with Crippen LogP contribution in [0.15, 0.2) is 18.2 Å². The molecule has 2 rings (SSSR count). The van der Waals surface area contributed by atoms with Gasteiger partial charge in [-0.2, -0.15) is 13.2 Å². The third-order valence-electron chi connectivity index (χ3n) is 3.33. The molecule has 0 saturated carbocycles. The maximum Gasteiger partial charge on any atom is 0.418 e. The Hall–Kier alpha value is -1.80. The lowest BCUT2D eigenvalue weighted by atomic mass is 10.1. The van der Waals surface area contributed by atoms with E-state index in [9.17, 15) is 18.0 Å². The summed E-state index contributed by atoms with van der Waals surface area (Å²) in [6.45, 7) is 1.55. The minimum absolute atomic E-state index is 0.133. The number of nitrogen functional groups attached to an aromatic ring is 1. The number of anilines is 1. The highest BCUT2D eigenvalue weighted by Gasteiger charge is 2.35. The van der Waals surface area contributed by atoms with Gasteiger partial charge in [0.2, 0.25) is 0 Å². The largest absolute Gasteiger partial charge is 0.418 e. The lowest BCUT2D eigenvalue weighted by molar-refractivity contribution is -0.137. The highest BCUT2D eigenvalue weighted by atomic mass is 19.4. The Bertz CT molecular complexity index is 514. The minimum Gasteiger partial charge on any atom is -0.381 e. The minimum atomic E-state index is -4.59. The van der Waals surface area contributed by atoms with Gasteiger partial charge in [-0.25, -0.2) is 0 Å². The summed E-state index contributed by atoms with van der Waals surface area (Å²) in [4.78, 5) is 12.0. The maximum atomic E-state index is 12.9. The van der Waals surface area contributed by atoms with Crippen molar-refractivity contribution in [1.82, 2.24) is 5.32 Å². The number of halogens is 3. The van der Waals surface area contributed by atoms with Crippen LogP contribution in [0.2, 0.25) is 0 Å². The van der Waals surface area contributed by atoms with Crippen LogP contribution in [-0.2, 0) is 10.9 Å². The molecule has 1 saturated heterocycles. The van der Waals surface area contributed by atoms with Gasteiger partial charge >= 0.3 is 6.18 Å². The van der Waals surface area contributed by atoms with E-state index in [1.165, 1.54) is 12.1 Å². The molecule has 8 heteroatoms. The van der Waals surface area contributed by atoms with Crippen LogP contribution in [0, 0.1) is 5.92 Å². The summed E-state index contributed by atoms with van der Waals surface area (Å²) in [5.41, 5.74) is 0.445. The molecule has 0 radical (unpaired) electrons. The Morgan fingerprint density at radius 2 is 2.19 bits per heavy atom. The molecule has 1 aromatic carbocycles. The molecule has 116 valence electrons. The molecular weight excluding hydrogens is 287 g/mol. The fourth-order valence-electron chi connectivity index (χ4n) is 2.21. The Morgan fingerprint density at radius 1 is 1.43 bits per heavy atom. The van der Waals surface area contributed by atoms with Gasteiger partial charge in [0, 0.05) is 19.1 Å². The quantitative estimate of drug-likeness (QED) is 0.585. The molecular formula is C13H16F3N3O2. The monoisotopic (exact) mass is 303 g/mol. The van der Waals surface area contributed by atoms with Crippen molar-refractivity contribution in [3.05, 3.63) is 29.3 Å². The molecule has 21 heavy (non-hydrogen) atoms. The molecule has 0 spiro atoms. The van der Waals surface area contributed by atoms with Gasteiger partial charge in [-0.15, -0.1) is 0 Å². The van der Waals surface area contributed by atoms with Crippen molar-refractivity contribution >= 4 is 11.6 Å². The number of amides is 1. The molecule has 1 heterocycles. The standard InChI is InChI=1S/C13H16F3N3O2/c14-13(15,16)10-3-1-2-9(11(10)19-17)12(20)18-6-8-4-5-21-7-8/h1-3,8,19H,4-7,17H2,(H,18,20). The van der Waals surface area contributed by atoms with E-state index in [1.807, 2.05) is 5.43 Å². The van der Waals surface area contributed by atoms with E-state index in [0.29, 0.717) is 19.8 Å². The molecule has 1 aromatic rings. The maximum absolute atomic E-state index is 12.9. The molecule has 1 amide bonds. The number of ether oxygens (including phenoxy) is 1. The van der Waals surface area contributed by atoms with Crippen molar-refractivity contribution < 1.29 is 22.7 Å². The van der Waals surface area contributed by atoms with Crippen LogP contribution in [0.1, 0.15) is 22.3 Å². The second-order valence-corrected chi connectivity index (χ2v) is 4.81. The number of benzene rings is 1. The molecule has 1 aliphatic rings. The van der Waals surface area contributed by atoms with E-state index in [1.54, 1.807) is 0 Å². The highest BCUT2D eigenvalue weighted by Crippen LogP contribution is 2.36. The fourth-order valence-corrected chi connectivity index (χ4v) is 2.21. The zero-order valence-corrected chi connectivity index (χ0v) is 11.2. The van der Waals surface area contributed by atoms with Crippen LogP contribution < -0.4 is 16.6 Å². The number of hydrazine groups is 1. The molecule has 0 bridgehead atoms. The van der Waals surface area contributed by atoms with Crippen LogP contribution in [0.4, 0.5) is 18.9 Å². The van der Waals surface area contributed by atoms with Crippen LogP contribution in [-0.4, -0.2) is 25.7 Å². The van der Waals surface area contributed by atoms with Gasteiger partial charge < -0.3 is 15.5 Å². The van der Waals surface area contributed by atoms with Crippen LogP contribution in [0.5, 0.6) is 0 Å². The predicted octanol–water partition coefficient (Wildman–Crippen LogP) is 1.76. The molecule has 1 unspecified atom stereocenters. The Labute approximate surface area is 119 Å². The molecule has 5 nitrogen and oxygen atoms in total. The highest BCUT2D eigenvalue weighted by molar-refractivity contribution is 6.00. The smallest absolute Gasteiger partial charge is 0.381 e. The van der Waals surface area contributed by atoms with Gasteiger partial charge in [-0.3, -0.25) is 10.6 Å². The lowest BCUT2D eigenvalue weighted by Crippen LogP contribution is -2.31. The van der Waals surface area contributed by atoms with Gasteiger partial charge in [-0.05, 0) is 18.6 Å². The summed E-state index contributed by atoms with van der Waals surface area (Å²) >= 11 is 0. The van der Waals surface area contributed by atoms with Crippen LogP contribution in [0.25, 0.3) is 0 Å². The van der Waals surface area contributed by atoms with Gasteiger partial charge in [-0.1, -0.05) is 6.07 Å². The number of hydrogen-bond acceptors (Lipinski definition) is 4. The first-order valence-corrected chi connectivity index (χ1v) is 6.46. The van der Waals surface area contributed by atoms with Crippen molar-refractivity contribution in [2.24, 2.45) is 11.8 Å². The van der Waals surface area contributed by atoms with Crippen LogP contribution >= 0.6 is 0 Å². The molecule has 0 aliphatic carbocycles. The van der Waals surface area contributed by atoms with Crippen molar-refractivity contribution in [2.45, 2.75) is 12.6 Å². The molecule has 0 aromatic heterocycles. The molecule has 1 fully saturated rings. The van der Waals surface area contributed by atoms with Gasteiger partial charge in [0.05, 0.1) is 23.4 Å². The summed E-state index contributed by atoms with van der Waals surface area (Å²) in [5.74, 6) is 4.75. The number of rotatable bonds is 4.